The molecule has 0 aliphatic carbocycles. The van der Waals surface area contributed by atoms with Gasteiger partial charge in [0, 0.05) is 17.2 Å². The number of pyridine rings is 1. The van der Waals surface area contributed by atoms with E-state index < -0.39 is 16.0 Å². The maximum Gasteiger partial charge on any atom is 0.339 e. The molecule has 1 heterocycles. The molecule has 0 aromatic carbocycles. The Morgan fingerprint density at radius 2 is 2.22 bits per heavy atom. The lowest BCUT2D eigenvalue weighted by molar-refractivity contribution is 0.0697. The van der Waals surface area contributed by atoms with E-state index in [1.807, 2.05) is 0 Å². The first-order valence-corrected chi connectivity index (χ1v) is 7.34. The highest BCUT2D eigenvalue weighted by Gasteiger charge is 2.13. The lowest BCUT2D eigenvalue weighted by atomic mass is 10.2. The van der Waals surface area contributed by atoms with E-state index in [0.29, 0.717) is 4.47 Å². The SMILES string of the molecule is CNS(=O)(=O)CCNc1ncc(Br)cc1C(=O)O. The van der Waals surface area contributed by atoms with Crippen molar-refractivity contribution in [2.75, 3.05) is 24.7 Å². The minimum Gasteiger partial charge on any atom is -0.478 e. The number of nitrogens with one attached hydrogen (secondary N) is 2. The van der Waals surface area contributed by atoms with Crippen LogP contribution in [0.25, 0.3) is 0 Å². The van der Waals surface area contributed by atoms with Gasteiger partial charge in [-0.2, -0.15) is 0 Å². The number of carboxylic acids is 1. The van der Waals surface area contributed by atoms with E-state index in [4.69, 9.17) is 5.11 Å². The highest BCUT2D eigenvalue weighted by Crippen LogP contribution is 2.17. The summed E-state index contributed by atoms with van der Waals surface area (Å²) < 4.78 is 25.0. The van der Waals surface area contributed by atoms with Crippen molar-refractivity contribution < 1.29 is 18.3 Å². The second kappa shape index (κ2) is 6.12. The Kier molecular flexibility index (Phi) is 5.05. The molecule has 7 nitrogen and oxygen atoms in total. The molecule has 18 heavy (non-hydrogen) atoms. The second-order valence-electron chi connectivity index (χ2n) is 3.30. The monoisotopic (exact) mass is 337 g/mol. The van der Waals surface area contributed by atoms with E-state index in [1.54, 1.807) is 0 Å². The molecule has 0 aliphatic rings. The summed E-state index contributed by atoms with van der Waals surface area (Å²) >= 11 is 3.12. The lowest BCUT2D eigenvalue weighted by Crippen LogP contribution is -2.26. The predicted molar refractivity (Wildman–Crippen MR) is 70.2 cm³/mol. The van der Waals surface area contributed by atoms with Crippen LogP contribution in [-0.2, 0) is 10.0 Å². The van der Waals surface area contributed by atoms with Gasteiger partial charge in [0.25, 0.3) is 0 Å². The van der Waals surface area contributed by atoms with E-state index in [-0.39, 0.29) is 23.7 Å². The number of hydrogen-bond donors (Lipinski definition) is 3. The molecule has 0 unspecified atom stereocenters. The summed E-state index contributed by atoms with van der Waals surface area (Å²) in [7, 11) is -2.01. The summed E-state index contributed by atoms with van der Waals surface area (Å²) in [5.41, 5.74) is -0.0220. The zero-order valence-electron chi connectivity index (χ0n) is 9.47. The first-order valence-electron chi connectivity index (χ1n) is 4.89. The molecular weight excluding hydrogens is 326 g/mol. The quantitative estimate of drug-likeness (QED) is 0.697. The van der Waals surface area contributed by atoms with Crippen LogP contribution in [0.1, 0.15) is 10.4 Å². The Labute approximate surface area is 113 Å². The fourth-order valence-electron chi connectivity index (χ4n) is 1.15. The molecule has 0 radical (unpaired) electrons. The smallest absolute Gasteiger partial charge is 0.339 e. The van der Waals surface area contributed by atoms with Crippen molar-refractivity contribution in [3.8, 4) is 0 Å². The number of carbonyl (C=O) groups is 1. The average Bonchev–Trinajstić information content (AvgIpc) is 2.30. The third-order valence-corrected chi connectivity index (χ3v) is 3.86. The summed E-state index contributed by atoms with van der Waals surface area (Å²) in [6, 6.07) is 1.39. The molecule has 1 rings (SSSR count). The van der Waals surface area contributed by atoms with Crippen LogP contribution < -0.4 is 10.0 Å². The van der Waals surface area contributed by atoms with E-state index in [2.05, 4.69) is 31.0 Å². The molecule has 0 fully saturated rings. The van der Waals surface area contributed by atoms with Gasteiger partial charge < -0.3 is 10.4 Å². The van der Waals surface area contributed by atoms with Gasteiger partial charge in [0.2, 0.25) is 10.0 Å². The van der Waals surface area contributed by atoms with Crippen LogP contribution in [0.3, 0.4) is 0 Å². The molecule has 0 aliphatic heterocycles. The fraction of sp³-hybridized carbons (Fsp3) is 0.333. The predicted octanol–water partition coefficient (Wildman–Crippen LogP) is 0.503. The number of aromatic carboxylic acids is 1. The number of hydrogen-bond acceptors (Lipinski definition) is 5. The van der Waals surface area contributed by atoms with Gasteiger partial charge in [-0.05, 0) is 29.0 Å². The van der Waals surface area contributed by atoms with E-state index in [1.165, 1.54) is 19.3 Å². The molecule has 0 atom stereocenters. The van der Waals surface area contributed by atoms with E-state index >= 15 is 0 Å². The van der Waals surface area contributed by atoms with Crippen LogP contribution in [0.15, 0.2) is 16.7 Å². The van der Waals surface area contributed by atoms with Crippen molar-refractivity contribution >= 4 is 37.7 Å². The number of aromatic nitrogens is 1. The molecule has 1 aromatic rings. The first kappa shape index (κ1) is 14.9. The van der Waals surface area contributed by atoms with Crippen LogP contribution in [0, 0.1) is 0 Å². The summed E-state index contributed by atoms with van der Waals surface area (Å²) in [5.74, 6) is -1.17. The van der Waals surface area contributed by atoms with Crippen molar-refractivity contribution in [1.29, 1.82) is 0 Å². The third-order valence-electron chi connectivity index (χ3n) is 2.06. The van der Waals surface area contributed by atoms with E-state index in [9.17, 15) is 13.2 Å². The minimum atomic E-state index is -3.33. The number of sulfonamides is 1. The van der Waals surface area contributed by atoms with Gasteiger partial charge in [0.1, 0.15) is 11.4 Å². The van der Waals surface area contributed by atoms with Crippen molar-refractivity contribution in [2.45, 2.75) is 0 Å². The summed E-state index contributed by atoms with van der Waals surface area (Å²) in [6.45, 7) is 0.0675. The second-order valence-corrected chi connectivity index (χ2v) is 6.27. The van der Waals surface area contributed by atoms with Crippen molar-refractivity contribution in [3.05, 3.63) is 22.3 Å². The Morgan fingerprint density at radius 3 is 2.78 bits per heavy atom. The molecule has 1 aromatic heterocycles. The Balaban J connectivity index is 2.77. The maximum absolute atomic E-state index is 11.2. The molecule has 0 amide bonds. The van der Waals surface area contributed by atoms with Crippen molar-refractivity contribution in [3.63, 3.8) is 0 Å². The maximum atomic E-state index is 11.2. The topological polar surface area (TPSA) is 108 Å². The van der Waals surface area contributed by atoms with Crippen LogP contribution in [0.5, 0.6) is 0 Å². The van der Waals surface area contributed by atoms with Gasteiger partial charge >= 0.3 is 5.97 Å². The van der Waals surface area contributed by atoms with E-state index in [0.717, 1.165) is 0 Å². The van der Waals surface area contributed by atoms with Gasteiger partial charge in [-0.3, -0.25) is 0 Å². The number of nitrogens with zero attached hydrogens (tertiary/aromatic N) is 1. The van der Waals surface area contributed by atoms with Crippen molar-refractivity contribution in [1.82, 2.24) is 9.71 Å². The van der Waals surface area contributed by atoms with Gasteiger partial charge in [-0.25, -0.2) is 22.9 Å². The van der Waals surface area contributed by atoms with Crippen LogP contribution in [0.2, 0.25) is 0 Å². The molecule has 9 heteroatoms. The third kappa shape index (κ3) is 4.24. The Morgan fingerprint density at radius 1 is 1.56 bits per heavy atom. The molecule has 0 bridgehead atoms. The standard InChI is InChI=1S/C9H12BrN3O4S/c1-11-18(16,17)3-2-12-8-7(9(14)15)4-6(10)5-13-8/h4-5,11H,2-3H2,1H3,(H,12,13)(H,14,15). The first-order chi connectivity index (χ1) is 8.35. The Bertz CT molecular complexity index is 547. The summed E-state index contributed by atoms with van der Waals surface area (Å²) in [6.07, 6.45) is 1.43. The molecule has 0 spiro atoms. The largest absolute Gasteiger partial charge is 0.478 e. The number of carboxylic acid groups (broad SMARTS) is 1. The Hall–Kier alpha value is -1.19. The molecular formula is C9H12BrN3O4S. The molecule has 3 N–H and O–H groups in total. The zero-order chi connectivity index (χ0) is 13.8. The highest BCUT2D eigenvalue weighted by atomic mass is 79.9. The average molecular weight is 338 g/mol. The number of halogens is 1. The molecule has 0 saturated carbocycles. The van der Waals surface area contributed by atoms with Crippen LogP contribution >= 0.6 is 15.9 Å². The highest BCUT2D eigenvalue weighted by molar-refractivity contribution is 9.10. The van der Waals surface area contributed by atoms with Gasteiger partial charge in [0.05, 0.1) is 5.75 Å². The van der Waals surface area contributed by atoms with Gasteiger partial charge in [-0.1, -0.05) is 0 Å². The summed E-state index contributed by atoms with van der Waals surface area (Å²) in [4.78, 5) is 14.8. The number of anilines is 1. The zero-order valence-corrected chi connectivity index (χ0v) is 11.9. The van der Waals surface area contributed by atoms with Crippen LogP contribution in [0.4, 0.5) is 5.82 Å². The normalized spacial score (nSPS) is 11.2. The molecule has 0 saturated heterocycles. The van der Waals surface area contributed by atoms with Crippen molar-refractivity contribution in [2.24, 2.45) is 0 Å². The minimum absolute atomic E-state index is 0.0220. The van der Waals surface area contributed by atoms with Gasteiger partial charge in [0.15, 0.2) is 0 Å². The van der Waals surface area contributed by atoms with Gasteiger partial charge in [-0.15, -0.1) is 0 Å². The fourth-order valence-corrected chi connectivity index (χ4v) is 2.06. The lowest BCUT2D eigenvalue weighted by Gasteiger charge is -2.08. The number of rotatable bonds is 6. The van der Waals surface area contributed by atoms with Crippen LogP contribution in [-0.4, -0.2) is 43.8 Å². The molecule has 100 valence electrons. The summed E-state index contributed by atoms with van der Waals surface area (Å²) in [5, 5.41) is 11.6.